The molecule has 0 atom stereocenters. The zero-order chi connectivity index (χ0) is 13.4. The Morgan fingerprint density at radius 2 is 1.31 bits per heavy atom. The molecule has 96 valence electrons. The highest BCUT2D eigenvalue weighted by Gasteiger charge is 2.49. The first-order chi connectivity index (χ1) is 6.81. The molecule has 16 heavy (non-hydrogen) atoms. The molecule has 0 spiro atoms. The summed E-state index contributed by atoms with van der Waals surface area (Å²) in [6.45, 7) is 0. The van der Waals surface area contributed by atoms with Gasteiger partial charge < -0.3 is 0 Å². The highest BCUT2D eigenvalue weighted by Crippen LogP contribution is 2.24. The summed E-state index contributed by atoms with van der Waals surface area (Å²) in [6, 6.07) is 0. The van der Waals surface area contributed by atoms with E-state index < -0.39 is 36.8 Å². The summed E-state index contributed by atoms with van der Waals surface area (Å²) in [4.78, 5) is 0. The summed E-state index contributed by atoms with van der Waals surface area (Å²) < 4.78 is 110. The first kappa shape index (κ1) is 15.2. The van der Waals surface area contributed by atoms with Crippen molar-refractivity contribution in [3.05, 3.63) is 11.2 Å². The van der Waals surface area contributed by atoms with Crippen LogP contribution >= 0.6 is 0 Å². The molecule has 0 aromatic heterocycles. The van der Waals surface area contributed by atoms with Gasteiger partial charge in [-0.05, 0) is 0 Å². The lowest BCUT2D eigenvalue weighted by atomic mass is 11.1. The van der Waals surface area contributed by atoms with Crippen molar-refractivity contribution < 1.29 is 43.2 Å². The third-order valence-electron chi connectivity index (χ3n) is 0.909. The van der Waals surface area contributed by atoms with Gasteiger partial charge in [-0.2, -0.15) is 26.3 Å². The highest BCUT2D eigenvalue weighted by molar-refractivity contribution is 8.06. The van der Waals surface area contributed by atoms with E-state index in [1.54, 1.807) is 0 Å². The maximum absolute atomic E-state index is 12.1. The van der Waals surface area contributed by atoms with Crippen LogP contribution in [0.4, 0.5) is 26.3 Å². The van der Waals surface area contributed by atoms with E-state index in [0.717, 1.165) is 0 Å². The third-order valence-corrected chi connectivity index (χ3v) is 3.90. The lowest BCUT2D eigenvalue weighted by Crippen LogP contribution is -2.40. The van der Waals surface area contributed by atoms with Crippen LogP contribution in [0.1, 0.15) is 0 Å². The molecule has 0 aliphatic heterocycles. The Morgan fingerprint density at radius 1 is 0.938 bits per heavy atom. The number of hydrogen-bond donors (Lipinski definition) is 1. The first-order valence-corrected chi connectivity index (χ1v) is 5.83. The van der Waals surface area contributed by atoms with Gasteiger partial charge in [0.1, 0.15) is 0 Å². The SMILES string of the molecule is O=S(=O)(NS(=O)(=O)C(F)(F)F)C(F)=C(F)F. The van der Waals surface area contributed by atoms with Crippen molar-refractivity contribution in [3.63, 3.8) is 0 Å². The monoisotopic (exact) mass is 293 g/mol. The minimum atomic E-state index is -6.48. The Kier molecular flexibility index (Phi) is 4.00. The fraction of sp³-hybridized carbons (Fsp3) is 0.333. The lowest BCUT2D eigenvalue weighted by molar-refractivity contribution is -0.0441. The fourth-order valence-corrected chi connectivity index (χ4v) is 2.36. The maximum Gasteiger partial charge on any atom is 0.512 e. The molecule has 0 radical (unpaired) electrons. The lowest BCUT2D eigenvalue weighted by Gasteiger charge is -2.08. The zero-order valence-electron chi connectivity index (χ0n) is 6.72. The fourth-order valence-electron chi connectivity index (χ4n) is 0.330. The average molecular weight is 293 g/mol. The molecular formula is C3HF6NO4S2. The zero-order valence-corrected chi connectivity index (χ0v) is 8.35. The molecule has 0 aromatic rings. The largest absolute Gasteiger partial charge is 0.512 e. The molecule has 0 heterocycles. The van der Waals surface area contributed by atoms with Crippen molar-refractivity contribution in [1.82, 2.24) is 4.13 Å². The van der Waals surface area contributed by atoms with Gasteiger partial charge in [-0.3, -0.25) is 0 Å². The van der Waals surface area contributed by atoms with E-state index in [2.05, 4.69) is 0 Å². The summed E-state index contributed by atoms with van der Waals surface area (Å²) >= 11 is 0. The van der Waals surface area contributed by atoms with E-state index >= 15 is 0 Å². The van der Waals surface area contributed by atoms with Crippen LogP contribution < -0.4 is 4.13 Å². The minimum Gasteiger partial charge on any atom is -0.203 e. The second kappa shape index (κ2) is 4.21. The van der Waals surface area contributed by atoms with Crippen LogP contribution in [0.3, 0.4) is 0 Å². The Labute approximate surface area is 84.8 Å². The Morgan fingerprint density at radius 3 is 1.56 bits per heavy atom. The molecule has 0 unspecified atom stereocenters. The van der Waals surface area contributed by atoms with E-state index in [9.17, 15) is 43.2 Å². The molecule has 0 aliphatic rings. The number of sulfonamides is 2. The van der Waals surface area contributed by atoms with Crippen LogP contribution in [0, 0.1) is 0 Å². The van der Waals surface area contributed by atoms with Crippen molar-refractivity contribution in [3.8, 4) is 0 Å². The predicted octanol–water partition coefficient (Wildman–Crippen LogP) is 0.791. The van der Waals surface area contributed by atoms with E-state index in [1.807, 2.05) is 0 Å². The normalized spacial score (nSPS) is 13.6. The van der Waals surface area contributed by atoms with Gasteiger partial charge in [0.25, 0.3) is 15.2 Å². The quantitative estimate of drug-likeness (QED) is 0.780. The number of halogens is 6. The van der Waals surface area contributed by atoms with E-state index in [4.69, 9.17) is 0 Å². The van der Waals surface area contributed by atoms with Gasteiger partial charge in [0.2, 0.25) is 0 Å². The van der Waals surface area contributed by atoms with Crippen LogP contribution in [0.25, 0.3) is 0 Å². The van der Waals surface area contributed by atoms with E-state index in [-0.39, 0.29) is 4.13 Å². The Bertz CT molecular complexity index is 496. The Hall–Kier alpha value is -0.820. The molecule has 1 N–H and O–H groups in total. The topological polar surface area (TPSA) is 80.3 Å². The molecule has 0 aliphatic carbocycles. The van der Waals surface area contributed by atoms with E-state index in [0.29, 0.717) is 0 Å². The van der Waals surface area contributed by atoms with Gasteiger partial charge in [-0.1, -0.05) is 4.13 Å². The first-order valence-electron chi connectivity index (χ1n) is 2.87. The molecule has 0 rings (SSSR count). The van der Waals surface area contributed by atoms with Gasteiger partial charge in [-0.15, -0.1) is 0 Å². The summed E-state index contributed by atoms with van der Waals surface area (Å²) in [5, 5.41) is -3.31. The van der Waals surface area contributed by atoms with E-state index in [1.165, 1.54) is 0 Å². The van der Waals surface area contributed by atoms with Gasteiger partial charge in [0, 0.05) is 0 Å². The van der Waals surface area contributed by atoms with Gasteiger partial charge in [0.15, 0.2) is 0 Å². The van der Waals surface area contributed by atoms with Crippen molar-refractivity contribution >= 4 is 20.0 Å². The van der Waals surface area contributed by atoms with Crippen LogP contribution in [-0.2, 0) is 20.0 Å². The van der Waals surface area contributed by atoms with Crippen LogP contribution in [0.2, 0.25) is 0 Å². The van der Waals surface area contributed by atoms with Crippen LogP contribution in [0.5, 0.6) is 0 Å². The van der Waals surface area contributed by atoms with Crippen molar-refractivity contribution in [1.29, 1.82) is 0 Å². The van der Waals surface area contributed by atoms with Gasteiger partial charge in [0.05, 0.1) is 0 Å². The molecular weight excluding hydrogens is 292 g/mol. The second-order valence-electron chi connectivity index (χ2n) is 2.07. The molecule has 0 bridgehead atoms. The maximum atomic E-state index is 12.1. The number of alkyl halides is 3. The molecule has 0 fully saturated rings. The van der Waals surface area contributed by atoms with Crippen LogP contribution in [0.15, 0.2) is 11.2 Å². The summed E-state index contributed by atoms with van der Waals surface area (Å²) in [5.41, 5.74) is -6.08. The summed E-state index contributed by atoms with van der Waals surface area (Å²) in [7, 11) is -12.6. The smallest absolute Gasteiger partial charge is 0.203 e. The van der Waals surface area contributed by atoms with Crippen molar-refractivity contribution in [2.75, 3.05) is 0 Å². The van der Waals surface area contributed by atoms with Crippen molar-refractivity contribution in [2.45, 2.75) is 5.51 Å². The highest BCUT2D eigenvalue weighted by atomic mass is 32.3. The number of nitrogens with one attached hydrogen (secondary N) is 1. The number of rotatable bonds is 3. The molecule has 0 aromatic carbocycles. The standard InChI is InChI=1S/C3HF6NO4S2/c4-1(5)2(6)15(11,12)10-16(13,14)3(7,8)9/h10H. The van der Waals surface area contributed by atoms with Gasteiger partial charge in [-0.25, -0.2) is 16.8 Å². The molecule has 13 heteroatoms. The molecule has 0 saturated carbocycles. The number of hydrogen-bond acceptors (Lipinski definition) is 4. The second-order valence-corrected chi connectivity index (χ2v) is 5.57. The van der Waals surface area contributed by atoms with Gasteiger partial charge >= 0.3 is 21.6 Å². The third kappa shape index (κ3) is 3.34. The molecule has 0 amide bonds. The minimum absolute atomic E-state index is 0.240. The predicted molar refractivity (Wildman–Crippen MR) is 37.4 cm³/mol. The van der Waals surface area contributed by atoms with Crippen molar-refractivity contribution in [2.24, 2.45) is 0 Å². The summed E-state index contributed by atoms with van der Waals surface area (Å²) in [5.74, 6) is 0. The van der Waals surface area contributed by atoms with Crippen LogP contribution in [-0.4, -0.2) is 22.3 Å². The Balaban J connectivity index is 5.44. The average Bonchev–Trinajstić information content (AvgIpc) is 1.98. The summed E-state index contributed by atoms with van der Waals surface area (Å²) in [6.07, 6.45) is -3.48. The molecule has 0 saturated heterocycles. The molecule has 5 nitrogen and oxygen atoms in total.